The van der Waals surface area contributed by atoms with Gasteiger partial charge in [0.2, 0.25) is 40.1 Å². The third-order valence-corrected chi connectivity index (χ3v) is 10.4. The van der Waals surface area contributed by atoms with E-state index in [0.717, 1.165) is 0 Å². The van der Waals surface area contributed by atoms with E-state index in [2.05, 4.69) is 0 Å². The van der Waals surface area contributed by atoms with Crippen molar-refractivity contribution in [2.75, 3.05) is 31.6 Å². The molecule has 0 heterocycles. The van der Waals surface area contributed by atoms with Crippen LogP contribution >= 0.6 is 0 Å². The van der Waals surface area contributed by atoms with E-state index in [9.17, 15) is 33.7 Å². The van der Waals surface area contributed by atoms with Crippen LogP contribution in [0.1, 0.15) is 22.7 Å². The molecular formula is C14H24N2O8S4. The van der Waals surface area contributed by atoms with Gasteiger partial charge in [0, 0.05) is 0 Å². The number of hydrogen-bond acceptors (Lipinski definition) is 8. The highest BCUT2D eigenvalue weighted by atomic mass is 32.3. The molecule has 0 radical (unpaired) electrons. The lowest BCUT2D eigenvalue weighted by Gasteiger charge is -2.31. The Labute approximate surface area is 167 Å². The predicted molar refractivity (Wildman–Crippen MR) is 107 cm³/mol. The first-order valence-electron chi connectivity index (χ1n) is 7.70. The summed E-state index contributed by atoms with van der Waals surface area (Å²) in [6.07, 6.45) is 2.57. The standard InChI is InChI=1S/C14H24N2O8S4/c1-11-7-12(2)9-13(8-11)14(16(27(5,21)22)28(6,23)24)10-15(25(3,17)18)26(4,19)20/h7-9,14H,10H2,1-6H3/t14-/m1/s1. The van der Waals surface area contributed by atoms with Gasteiger partial charge in [-0.05, 0) is 19.4 Å². The molecular weight excluding hydrogens is 452 g/mol. The van der Waals surface area contributed by atoms with Crippen molar-refractivity contribution in [3.05, 3.63) is 34.9 Å². The van der Waals surface area contributed by atoms with Crippen molar-refractivity contribution in [1.82, 2.24) is 7.42 Å². The average Bonchev–Trinajstić information content (AvgIpc) is 2.35. The molecule has 1 aromatic rings. The van der Waals surface area contributed by atoms with Crippen LogP contribution in [0.4, 0.5) is 0 Å². The van der Waals surface area contributed by atoms with E-state index in [1.807, 2.05) is 0 Å². The lowest BCUT2D eigenvalue weighted by molar-refractivity contribution is 0.388. The monoisotopic (exact) mass is 476 g/mol. The molecule has 1 aromatic carbocycles. The van der Waals surface area contributed by atoms with Crippen LogP contribution in [0.3, 0.4) is 0 Å². The summed E-state index contributed by atoms with van der Waals surface area (Å²) in [6, 6.07) is 3.08. The number of rotatable bonds is 8. The molecule has 0 spiro atoms. The van der Waals surface area contributed by atoms with Gasteiger partial charge in [0.15, 0.2) is 0 Å². The van der Waals surface area contributed by atoms with Gasteiger partial charge in [-0.3, -0.25) is 0 Å². The fraction of sp³-hybridized carbons (Fsp3) is 0.571. The maximum absolute atomic E-state index is 12.3. The summed E-state index contributed by atoms with van der Waals surface area (Å²) >= 11 is 0. The topological polar surface area (TPSA) is 143 Å². The Kier molecular flexibility index (Phi) is 7.13. The predicted octanol–water partition coefficient (Wildman–Crippen LogP) is -0.213. The highest BCUT2D eigenvalue weighted by Crippen LogP contribution is 2.30. The lowest BCUT2D eigenvalue weighted by atomic mass is 10.0. The molecule has 0 saturated heterocycles. The SMILES string of the molecule is Cc1cc(C)cc([C@@H](CN(S(C)(=O)=O)S(C)(=O)=O)N(S(C)(=O)=O)S(C)(=O)=O)c1. The molecule has 14 heteroatoms. The van der Waals surface area contributed by atoms with Gasteiger partial charge in [-0.25, -0.2) is 33.7 Å². The molecule has 0 aliphatic heterocycles. The normalized spacial score (nSPS) is 15.1. The number of hydrogen-bond donors (Lipinski definition) is 0. The lowest BCUT2D eigenvalue weighted by Crippen LogP contribution is -2.46. The van der Waals surface area contributed by atoms with Crippen LogP contribution in [0.2, 0.25) is 0 Å². The summed E-state index contributed by atoms with van der Waals surface area (Å²) in [5.41, 5.74) is 1.46. The summed E-state index contributed by atoms with van der Waals surface area (Å²) in [4.78, 5) is 0. The van der Waals surface area contributed by atoms with Gasteiger partial charge < -0.3 is 0 Å². The Hall–Kier alpha value is -1.06. The van der Waals surface area contributed by atoms with Gasteiger partial charge in [0.1, 0.15) is 0 Å². The summed E-state index contributed by atoms with van der Waals surface area (Å²) in [5.74, 6) is 0. The Balaban J connectivity index is 3.88. The summed E-state index contributed by atoms with van der Waals surface area (Å²) in [6.45, 7) is 2.44. The molecule has 0 fully saturated rings. The van der Waals surface area contributed by atoms with Gasteiger partial charge >= 0.3 is 0 Å². The second kappa shape index (κ2) is 7.99. The van der Waals surface area contributed by atoms with Crippen LogP contribution < -0.4 is 0 Å². The molecule has 1 atom stereocenters. The van der Waals surface area contributed by atoms with Crippen LogP contribution in [-0.2, 0) is 40.1 Å². The van der Waals surface area contributed by atoms with Crippen LogP contribution in [0.15, 0.2) is 18.2 Å². The zero-order valence-electron chi connectivity index (χ0n) is 16.3. The largest absolute Gasteiger partial charge is 0.224 e. The fourth-order valence-electron chi connectivity index (χ4n) is 2.86. The van der Waals surface area contributed by atoms with Crippen molar-refractivity contribution in [3.63, 3.8) is 0 Å². The maximum atomic E-state index is 12.3. The minimum Gasteiger partial charge on any atom is -0.212 e. The van der Waals surface area contributed by atoms with Crippen molar-refractivity contribution in [1.29, 1.82) is 0 Å². The van der Waals surface area contributed by atoms with E-state index < -0.39 is 52.7 Å². The van der Waals surface area contributed by atoms with E-state index in [-0.39, 0.29) is 13.0 Å². The Morgan fingerprint density at radius 1 is 0.679 bits per heavy atom. The number of benzene rings is 1. The van der Waals surface area contributed by atoms with E-state index in [1.54, 1.807) is 19.9 Å². The Morgan fingerprint density at radius 2 is 1.04 bits per heavy atom. The van der Waals surface area contributed by atoms with Crippen molar-refractivity contribution in [3.8, 4) is 0 Å². The zero-order chi connectivity index (χ0) is 22.3. The molecule has 0 N–H and O–H groups in total. The minimum absolute atomic E-state index is 0.0890. The summed E-state index contributed by atoms with van der Waals surface area (Å²) in [5, 5.41) is 0. The number of sulfonamides is 4. The molecule has 0 saturated carbocycles. The first-order valence-corrected chi connectivity index (χ1v) is 15.1. The second-order valence-electron chi connectivity index (χ2n) is 6.67. The van der Waals surface area contributed by atoms with E-state index >= 15 is 0 Å². The molecule has 0 bridgehead atoms. The van der Waals surface area contributed by atoms with E-state index in [1.165, 1.54) is 12.1 Å². The molecule has 0 aliphatic carbocycles. The molecule has 10 nitrogen and oxygen atoms in total. The molecule has 0 aromatic heterocycles. The van der Waals surface area contributed by atoms with Crippen molar-refractivity contribution in [2.45, 2.75) is 19.9 Å². The van der Waals surface area contributed by atoms with Gasteiger partial charge in [0.05, 0.1) is 37.6 Å². The van der Waals surface area contributed by atoms with Crippen molar-refractivity contribution in [2.24, 2.45) is 0 Å². The van der Waals surface area contributed by atoms with Gasteiger partial charge in [-0.2, -0.15) is 0 Å². The second-order valence-corrected chi connectivity index (χ2v) is 14.7. The number of nitrogens with zero attached hydrogens (tertiary/aromatic N) is 2. The highest BCUT2D eigenvalue weighted by molar-refractivity contribution is 8.04. The Morgan fingerprint density at radius 3 is 1.32 bits per heavy atom. The quantitative estimate of drug-likeness (QED) is 0.501. The Bertz CT molecular complexity index is 1090. The van der Waals surface area contributed by atoms with Gasteiger partial charge in [0.25, 0.3) is 0 Å². The summed E-state index contributed by atoms with van der Waals surface area (Å²) in [7, 11) is -17.5. The maximum Gasteiger partial charge on any atom is 0.224 e. The van der Waals surface area contributed by atoms with Gasteiger partial charge in [-0.15, -0.1) is 0 Å². The molecule has 0 aliphatic rings. The first kappa shape index (κ1) is 25.0. The summed E-state index contributed by atoms with van der Waals surface area (Å²) < 4.78 is 97.4. The molecule has 162 valence electrons. The van der Waals surface area contributed by atoms with E-state index in [0.29, 0.717) is 36.1 Å². The minimum atomic E-state index is -4.40. The first-order chi connectivity index (χ1) is 12.2. The van der Waals surface area contributed by atoms with E-state index in [4.69, 9.17) is 0 Å². The third-order valence-electron chi connectivity index (χ3n) is 3.60. The molecule has 0 amide bonds. The van der Waals surface area contributed by atoms with Crippen molar-refractivity contribution >= 4 is 40.1 Å². The van der Waals surface area contributed by atoms with Crippen LogP contribution in [-0.4, -0.2) is 72.7 Å². The molecule has 0 unspecified atom stereocenters. The number of aryl methyl sites for hydroxylation is 2. The zero-order valence-corrected chi connectivity index (χ0v) is 19.6. The molecule has 28 heavy (non-hydrogen) atoms. The average molecular weight is 477 g/mol. The fourth-order valence-corrected chi connectivity index (χ4v) is 8.92. The third kappa shape index (κ3) is 6.49. The van der Waals surface area contributed by atoms with Crippen molar-refractivity contribution < 1.29 is 33.7 Å². The van der Waals surface area contributed by atoms with Crippen LogP contribution in [0.5, 0.6) is 0 Å². The van der Waals surface area contributed by atoms with Crippen LogP contribution in [0.25, 0.3) is 0 Å². The van der Waals surface area contributed by atoms with Crippen LogP contribution in [0, 0.1) is 13.8 Å². The molecule has 1 rings (SSSR count). The smallest absolute Gasteiger partial charge is 0.212 e. The highest BCUT2D eigenvalue weighted by Gasteiger charge is 2.41. The van der Waals surface area contributed by atoms with Gasteiger partial charge in [-0.1, -0.05) is 36.7 Å².